The van der Waals surface area contributed by atoms with Crippen molar-refractivity contribution in [3.05, 3.63) is 21.4 Å². The molecule has 0 atom stereocenters. The van der Waals surface area contributed by atoms with E-state index in [4.69, 9.17) is 5.73 Å². The van der Waals surface area contributed by atoms with Gasteiger partial charge >= 0.3 is 0 Å². The van der Waals surface area contributed by atoms with Crippen LogP contribution in [0.2, 0.25) is 0 Å². The summed E-state index contributed by atoms with van der Waals surface area (Å²) in [5, 5.41) is 0. The van der Waals surface area contributed by atoms with Gasteiger partial charge in [0.1, 0.15) is 0 Å². The highest BCUT2D eigenvalue weighted by molar-refractivity contribution is 14.1. The van der Waals surface area contributed by atoms with E-state index in [0.29, 0.717) is 0 Å². The lowest BCUT2D eigenvalue weighted by atomic mass is 10.4. The van der Waals surface area contributed by atoms with Crippen LogP contribution in [0.5, 0.6) is 0 Å². The summed E-state index contributed by atoms with van der Waals surface area (Å²) < 4.78 is 1.12. The molecule has 46 valence electrons. The number of halogens is 1. The molecule has 0 rings (SSSR count). The fourth-order valence-electron chi connectivity index (χ4n) is 0.305. The van der Waals surface area contributed by atoms with Crippen molar-refractivity contribution in [2.75, 3.05) is 0 Å². The van der Waals surface area contributed by atoms with Crippen LogP contribution in [0.15, 0.2) is 21.4 Å². The second-order valence-corrected chi connectivity index (χ2v) is 2.54. The maximum Gasteiger partial charge on any atom is 0.0403 e. The SMILES string of the molecule is C/C=C(N)\C(I)=C/C. The Morgan fingerprint density at radius 3 is 2.00 bits per heavy atom. The smallest absolute Gasteiger partial charge is 0.0403 e. The van der Waals surface area contributed by atoms with Gasteiger partial charge in [0.25, 0.3) is 0 Å². The molecule has 0 aromatic heterocycles. The Hall–Kier alpha value is 0.01000. The Labute approximate surface area is 63.8 Å². The Morgan fingerprint density at radius 1 is 1.38 bits per heavy atom. The molecule has 8 heavy (non-hydrogen) atoms. The minimum atomic E-state index is 0.855. The molecule has 0 bridgehead atoms. The maximum absolute atomic E-state index is 5.51. The van der Waals surface area contributed by atoms with Crippen LogP contribution >= 0.6 is 22.6 Å². The van der Waals surface area contributed by atoms with Gasteiger partial charge in [-0.05, 0) is 36.4 Å². The lowest BCUT2D eigenvalue weighted by Gasteiger charge is -1.93. The van der Waals surface area contributed by atoms with Gasteiger partial charge in [-0.1, -0.05) is 12.2 Å². The zero-order valence-electron chi connectivity index (χ0n) is 5.11. The fourth-order valence-corrected chi connectivity index (χ4v) is 0.616. The molecule has 0 aromatic carbocycles. The number of hydrogen-bond acceptors (Lipinski definition) is 1. The first kappa shape index (κ1) is 8.01. The van der Waals surface area contributed by atoms with Crippen molar-refractivity contribution in [1.82, 2.24) is 0 Å². The average molecular weight is 223 g/mol. The molecule has 2 N–H and O–H groups in total. The Bertz CT molecular complexity index is 108. The number of hydrogen-bond donors (Lipinski definition) is 1. The van der Waals surface area contributed by atoms with E-state index in [1.807, 2.05) is 26.0 Å². The highest BCUT2D eigenvalue weighted by Crippen LogP contribution is 2.11. The standard InChI is InChI=1S/C6H10IN/c1-3-5(7)6(8)4-2/h3-4H,8H2,1-2H3/b5-3+,6-4+. The molecule has 0 aliphatic rings. The maximum atomic E-state index is 5.51. The van der Waals surface area contributed by atoms with E-state index in [0.717, 1.165) is 9.28 Å². The van der Waals surface area contributed by atoms with Crippen LogP contribution in [0.3, 0.4) is 0 Å². The van der Waals surface area contributed by atoms with E-state index in [1.54, 1.807) is 0 Å². The van der Waals surface area contributed by atoms with Gasteiger partial charge in [0.15, 0.2) is 0 Å². The van der Waals surface area contributed by atoms with Gasteiger partial charge in [-0.3, -0.25) is 0 Å². The van der Waals surface area contributed by atoms with Crippen LogP contribution in [-0.4, -0.2) is 0 Å². The number of nitrogens with two attached hydrogens (primary N) is 1. The van der Waals surface area contributed by atoms with Gasteiger partial charge < -0.3 is 5.73 Å². The summed E-state index contributed by atoms with van der Waals surface area (Å²) in [6.07, 6.45) is 3.87. The lowest BCUT2D eigenvalue weighted by Crippen LogP contribution is -1.94. The summed E-state index contributed by atoms with van der Waals surface area (Å²) in [4.78, 5) is 0. The van der Waals surface area contributed by atoms with E-state index < -0.39 is 0 Å². The molecule has 0 spiro atoms. The fraction of sp³-hybridized carbons (Fsp3) is 0.333. The van der Waals surface area contributed by atoms with Gasteiger partial charge in [0.05, 0.1) is 0 Å². The van der Waals surface area contributed by atoms with E-state index in [2.05, 4.69) is 22.6 Å². The molecule has 0 aliphatic carbocycles. The molecular formula is C6H10IN. The molecule has 0 saturated heterocycles. The molecular weight excluding hydrogens is 213 g/mol. The van der Waals surface area contributed by atoms with Gasteiger partial charge in [-0.2, -0.15) is 0 Å². The minimum Gasteiger partial charge on any atom is -0.398 e. The topological polar surface area (TPSA) is 26.0 Å². The summed E-state index contributed by atoms with van der Waals surface area (Å²) in [6.45, 7) is 3.90. The minimum absolute atomic E-state index is 0.855. The van der Waals surface area contributed by atoms with Crippen molar-refractivity contribution < 1.29 is 0 Å². The third-order valence-electron chi connectivity index (χ3n) is 0.840. The molecule has 0 aromatic rings. The normalized spacial score (nSPS) is 14.4. The molecule has 1 nitrogen and oxygen atoms in total. The highest BCUT2D eigenvalue weighted by atomic mass is 127. The largest absolute Gasteiger partial charge is 0.398 e. The predicted octanol–water partition coefficient (Wildman–Crippen LogP) is 2.19. The van der Waals surface area contributed by atoms with Crippen LogP contribution < -0.4 is 5.73 Å². The molecule has 0 radical (unpaired) electrons. The molecule has 0 heterocycles. The van der Waals surface area contributed by atoms with Gasteiger partial charge in [-0.15, -0.1) is 0 Å². The Balaban J connectivity index is 4.04. The molecule has 0 amide bonds. The molecule has 2 heteroatoms. The zero-order valence-corrected chi connectivity index (χ0v) is 7.27. The zero-order chi connectivity index (χ0) is 6.57. The van der Waals surface area contributed by atoms with Crippen molar-refractivity contribution in [2.24, 2.45) is 5.73 Å². The first-order valence-corrected chi connectivity index (χ1v) is 3.54. The number of rotatable bonds is 1. The monoisotopic (exact) mass is 223 g/mol. The first-order valence-electron chi connectivity index (χ1n) is 2.46. The van der Waals surface area contributed by atoms with Gasteiger partial charge in [0, 0.05) is 9.28 Å². The van der Waals surface area contributed by atoms with E-state index >= 15 is 0 Å². The van der Waals surface area contributed by atoms with E-state index in [9.17, 15) is 0 Å². The number of allylic oxidation sites excluding steroid dienone is 3. The van der Waals surface area contributed by atoms with Crippen LogP contribution in [0.1, 0.15) is 13.8 Å². The first-order chi connectivity index (χ1) is 3.72. The summed E-state index contributed by atoms with van der Waals surface area (Å²) >= 11 is 2.20. The highest BCUT2D eigenvalue weighted by Gasteiger charge is 1.87. The average Bonchev–Trinajstić information content (AvgIpc) is 1.84. The van der Waals surface area contributed by atoms with Crippen LogP contribution in [0.25, 0.3) is 0 Å². The summed E-state index contributed by atoms with van der Waals surface area (Å²) in [7, 11) is 0. The summed E-state index contributed by atoms with van der Waals surface area (Å²) in [6, 6.07) is 0. The van der Waals surface area contributed by atoms with Crippen LogP contribution in [0, 0.1) is 0 Å². The Kier molecular flexibility index (Phi) is 3.95. The second-order valence-electron chi connectivity index (χ2n) is 1.38. The predicted molar refractivity (Wildman–Crippen MR) is 45.7 cm³/mol. The Morgan fingerprint density at radius 2 is 1.88 bits per heavy atom. The summed E-state index contributed by atoms with van der Waals surface area (Å²) in [5.41, 5.74) is 6.37. The van der Waals surface area contributed by atoms with Gasteiger partial charge in [-0.25, -0.2) is 0 Å². The molecule has 0 aliphatic heterocycles. The summed E-state index contributed by atoms with van der Waals surface area (Å²) in [5.74, 6) is 0. The third kappa shape index (κ3) is 2.35. The molecule has 0 fully saturated rings. The quantitative estimate of drug-likeness (QED) is 0.535. The second kappa shape index (κ2) is 3.95. The van der Waals surface area contributed by atoms with Crippen molar-refractivity contribution >= 4 is 22.6 Å². The lowest BCUT2D eigenvalue weighted by molar-refractivity contribution is 1.38. The van der Waals surface area contributed by atoms with Crippen molar-refractivity contribution in [1.29, 1.82) is 0 Å². The van der Waals surface area contributed by atoms with Crippen LogP contribution in [-0.2, 0) is 0 Å². The molecule has 0 saturated carbocycles. The van der Waals surface area contributed by atoms with Crippen molar-refractivity contribution in [3.8, 4) is 0 Å². The van der Waals surface area contributed by atoms with Crippen molar-refractivity contribution in [3.63, 3.8) is 0 Å². The van der Waals surface area contributed by atoms with Crippen LogP contribution in [0.4, 0.5) is 0 Å². The van der Waals surface area contributed by atoms with Gasteiger partial charge in [0.2, 0.25) is 0 Å². The van der Waals surface area contributed by atoms with E-state index in [1.165, 1.54) is 0 Å². The van der Waals surface area contributed by atoms with Crippen molar-refractivity contribution in [2.45, 2.75) is 13.8 Å². The van der Waals surface area contributed by atoms with E-state index in [-0.39, 0.29) is 0 Å². The third-order valence-corrected chi connectivity index (χ3v) is 2.09. The molecule has 0 unspecified atom stereocenters.